The standard InChI is InChI=1S/C26H26N4O5/c1-30-23(24(33)29-26(11-6-12-26)13-22(31)32)21(14-27-30)28-25(34)35-15-20-18-9-4-2-7-16(18)17-8-3-5-10-19(17)20/h2-5,7-10,14,20H,6,11-13,15H2,1H3,(H,28,34)(H,29,33)(H,31,32). The second kappa shape index (κ2) is 8.90. The maximum absolute atomic E-state index is 13.0. The van der Waals surface area contributed by atoms with Crippen LogP contribution in [0.2, 0.25) is 0 Å². The quantitative estimate of drug-likeness (QED) is 0.477. The van der Waals surface area contributed by atoms with Gasteiger partial charge in [-0.1, -0.05) is 48.5 Å². The summed E-state index contributed by atoms with van der Waals surface area (Å²) in [5, 5.41) is 18.8. The molecule has 0 unspecified atom stereocenters. The third-order valence-electron chi connectivity index (χ3n) is 6.91. The molecule has 1 aromatic heterocycles. The van der Waals surface area contributed by atoms with Gasteiger partial charge in [-0.2, -0.15) is 5.10 Å². The molecule has 2 aliphatic carbocycles. The number of rotatable bonds is 7. The number of carboxylic acid groups (broad SMARTS) is 1. The molecule has 3 N–H and O–H groups in total. The number of amides is 2. The van der Waals surface area contributed by atoms with Crippen LogP contribution in [-0.4, -0.2) is 45.0 Å². The molecule has 0 saturated heterocycles. The lowest BCUT2D eigenvalue weighted by Gasteiger charge is -2.41. The van der Waals surface area contributed by atoms with E-state index in [4.69, 9.17) is 4.74 Å². The molecule has 9 heteroatoms. The highest BCUT2D eigenvalue weighted by atomic mass is 16.5. The van der Waals surface area contributed by atoms with Crippen LogP contribution in [0.3, 0.4) is 0 Å². The Hall–Kier alpha value is -4.14. The number of hydrogen-bond acceptors (Lipinski definition) is 5. The van der Waals surface area contributed by atoms with E-state index >= 15 is 0 Å². The van der Waals surface area contributed by atoms with Crippen LogP contribution in [-0.2, 0) is 16.6 Å². The van der Waals surface area contributed by atoms with E-state index < -0.39 is 23.5 Å². The summed E-state index contributed by atoms with van der Waals surface area (Å²) in [7, 11) is 1.59. The maximum atomic E-state index is 13.0. The normalized spacial score (nSPS) is 15.5. The molecule has 180 valence electrons. The molecule has 1 saturated carbocycles. The number of carboxylic acids is 1. The first kappa shape index (κ1) is 22.6. The first-order valence-electron chi connectivity index (χ1n) is 11.6. The number of nitrogens with zero attached hydrogens (tertiary/aromatic N) is 2. The Kier molecular flexibility index (Phi) is 5.76. The number of aliphatic carboxylic acids is 1. The molecule has 3 aromatic rings. The minimum absolute atomic E-state index is 0.0840. The van der Waals surface area contributed by atoms with Crippen LogP contribution in [0.5, 0.6) is 0 Å². The van der Waals surface area contributed by atoms with Crippen LogP contribution in [0.4, 0.5) is 10.5 Å². The summed E-state index contributed by atoms with van der Waals surface area (Å²) in [5.41, 5.74) is 4.04. The maximum Gasteiger partial charge on any atom is 0.411 e. The van der Waals surface area contributed by atoms with Crippen molar-refractivity contribution in [2.24, 2.45) is 7.05 Å². The Morgan fingerprint density at radius 3 is 2.29 bits per heavy atom. The van der Waals surface area contributed by atoms with Crippen molar-refractivity contribution in [3.8, 4) is 11.1 Å². The van der Waals surface area contributed by atoms with Gasteiger partial charge in [0, 0.05) is 13.0 Å². The highest BCUT2D eigenvalue weighted by molar-refractivity contribution is 6.01. The van der Waals surface area contributed by atoms with Crippen LogP contribution < -0.4 is 10.6 Å². The van der Waals surface area contributed by atoms with Crippen LogP contribution >= 0.6 is 0 Å². The summed E-state index contributed by atoms with van der Waals surface area (Å²) in [4.78, 5) is 36.9. The summed E-state index contributed by atoms with van der Waals surface area (Å²) < 4.78 is 6.93. The summed E-state index contributed by atoms with van der Waals surface area (Å²) >= 11 is 0. The highest BCUT2D eigenvalue weighted by Crippen LogP contribution is 2.44. The third kappa shape index (κ3) is 4.25. The minimum atomic E-state index is -0.966. The molecule has 0 spiro atoms. The van der Waals surface area contributed by atoms with Crippen molar-refractivity contribution in [1.82, 2.24) is 15.1 Å². The second-order valence-corrected chi connectivity index (χ2v) is 9.14. The van der Waals surface area contributed by atoms with Crippen molar-refractivity contribution < 1.29 is 24.2 Å². The van der Waals surface area contributed by atoms with Gasteiger partial charge in [-0.15, -0.1) is 0 Å². The number of hydrogen-bond donors (Lipinski definition) is 3. The number of aryl methyl sites for hydroxylation is 1. The Morgan fingerprint density at radius 2 is 1.71 bits per heavy atom. The molecule has 0 radical (unpaired) electrons. The number of carbonyl (C=O) groups is 3. The molecule has 1 heterocycles. The molecule has 1 fully saturated rings. The smallest absolute Gasteiger partial charge is 0.411 e. The lowest BCUT2D eigenvalue weighted by atomic mass is 9.74. The van der Waals surface area contributed by atoms with E-state index in [0.717, 1.165) is 28.7 Å². The largest absolute Gasteiger partial charge is 0.481 e. The fourth-order valence-corrected chi connectivity index (χ4v) is 5.08. The molecule has 9 nitrogen and oxygen atoms in total. The molecule has 0 aliphatic heterocycles. The topological polar surface area (TPSA) is 123 Å². The van der Waals surface area contributed by atoms with Crippen LogP contribution in [0.25, 0.3) is 11.1 Å². The number of carbonyl (C=O) groups excluding carboxylic acids is 2. The van der Waals surface area contributed by atoms with Gasteiger partial charge in [-0.25, -0.2) is 4.79 Å². The van der Waals surface area contributed by atoms with Crippen molar-refractivity contribution in [2.75, 3.05) is 11.9 Å². The number of nitrogens with one attached hydrogen (secondary N) is 2. The molecular weight excluding hydrogens is 448 g/mol. The monoisotopic (exact) mass is 474 g/mol. The molecule has 2 aliphatic rings. The fourth-order valence-electron chi connectivity index (χ4n) is 5.08. The minimum Gasteiger partial charge on any atom is -0.481 e. The predicted molar refractivity (Wildman–Crippen MR) is 128 cm³/mol. The number of fused-ring (bicyclic) bond motifs is 3. The van der Waals surface area contributed by atoms with Crippen molar-refractivity contribution >= 4 is 23.7 Å². The number of anilines is 1. The van der Waals surface area contributed by atoms with Crippen molar-refractivity contribution in [1.29, 1.82) is 0 Å². The van der Waals surface area contributed by atoms with Crippen molar-refractivity contribution in [3.63, 3.8) is 0 Å². The number of aromatic nitrogens is 2. The van der Waals surface area contributed by atoms with Crippen LogP contribution in [0, 0.1) is 0 Å². The van der Waals surface area contributed by atoms with Gasteiger partial charge in [-0.05, 0) is 41.5 Å². The van der Waals surface area contributed by atoms with Gasteiger partial charge in [0.2, 0.25) is 0 Å². The first-order chi connectivity index (χ1) is 16.9. The van der Waals surface area contributed by atoms with Gasteiger partial charge in [0.05, 0.1) is 23.8 Å². The molecule has 2 aromatic carbocycles. The first-order valence-corrected chi connectivity index (χ1v) is 11.6. The zero-order chi connectivity index (χ0) is 24.6. The summed E-state index contributed by atoms with van der Waals surface area (Å²) in [6.07, 6.45) is 2.57. The lowest BCUT2D eigenvalue weighted by molar-refractivity contribution is -0.139. The highest BCUT2D eigenvalue weighted by Gasteiger charge is 2.41. The van der Waals surface area contributed by atoms with Crippen molar-refractivity contribution in [3.05, 3.63) is 71.5 Å². The Labute approximate surface area is 202 Å². The number of ether oxygens (including phenoxy) is 1. The second-order valence-electron chi connectivity index (χ2n) is 9.14. The molecule has 5 rings (SSSR count). The van der Waals surface area contributed by atoms with E-state index in [1.54, 1.807) is 7.05 Å². The van der Waals surface area contributed by atoms with Gasteiger partial charge < -0.3 is 15.2 Å². The van der Waals surface area contributed by atoms with E-state index in [9.17, 15) is 19.5 Å². The lowest BCUT2D eigenvalue weighted by Crippen LogP contribution is -2.55. The van der Waals surface area contributed by atoms with Gasteiger partial charge in [-0.3, -0.25) is 19.6 Å². The number of benzene rings is 2. The average Bonchev–Trinajstić information content (AvgIpc) is 3.33. The molecule has 0 bridgehead atoms. The average molecular weight is 475 g/mol. The summed E-state index contributed by atoms with van der Waals surface area (Å²) in [6, 6.07) is 16.1. The van der Waals surface area contributed by atoms with E-state index in [1.165, 1.54) is 10.9 Å². The van der Waals surface area contributed by atoms with Gasteiger partial charge >= 0.3 is 12.1 Å². The Bertz CT molecular complexity index is 1270. The van der Waals surface area contributed by atoms with Crippen molar-refractivity contribution in [2.45, 2.75) is 37.1 Å². The van der Waals surface area contributed by atoms with Gasteiger partial charge in [0.25, 0.3) is 5.91 Å². The third-order valence-corrected chi connectivity index (χ3v) is 6.91. The SMILES string of the molecule is Cn1ncc(NC(=O)OCC2c3ccccc3-c3ccccc32)c1C(=O)NC1(CC(=O)O)CCC1. The summed E-state index contributed by atoms with van der Waals surface area (Å²) in [5.74, 6) is -1.54. The van der Waals surface area contributed by atoms with E-state index in [0.29, 0.717) is 12.8 Å². The zero-order valence-electron chi connectivity index (χ0n) is 19.3. The van der Waals surface area contributed by atoms with E-state index in [2.05, 4.69) is 27.9 Å². The van der Waals surface area contributed by atoms with Gasteiger partial charge in [0.1, 0.15) is 12.3 Å². The molecule has 2 amide bonds. The van der Waals surface area contributed by atoms with E-state index in [1.807, 2.05) is 36.4 Å². The fraction of sp³-hybridized carbons (Fsp3) is 0.308. The predicted octanol–water partition coefficient (Wildman–Crippen LogP) is 3.91. The van der Waals surface area contributed by atoms with Crippen LogP contribution in [0.1, 0.15) is 53.2 Å². The molecule has 35 heavy (non-hydrogen) atoms. The zero-order valence-corrected chi connectivity index (χ0v) is 19.3. The van der Waals surface area contributed by atoms with Gasteiger partial charge in [0.15, 0.2) is 0 Å². The summed E-state index contributed by atoms with van der Waals surface area (Å²) in [6.45, 7) is 0.142. The molecule has 0 atom stereocenters. The van der Waals surface area contributed by atoms with E-state index in [-0.39, 0.29) is 30.3 Å². The van der Waals surface area contributed by atoms with Crippen LogP contribution in [0.15, 0.2) is 54.7 Å². The molecular formula is C26H26N4O5. The Balaban J connectivity index is 1.27. The Morgan fingerprint density at radius 1 is 1.09 bits per heavy atom.